The summed E-state index contributed by atoms with van der Waals surface area (Å²) in [5, 5.41) is 3.70. The largest absolute Gasteiger partial charge is 0.349 e. The molecule has 0 aliphatic carbocycles. The fourth-order valence-corrected chi connectivity index (χ4v) is 3.10. The molecule has 0 bridgehead atoms. The van der Waals surface area contributed by atoms with Crippen molar-refractivity contribution in [2.75, 3.05) is 0 Å². The highest BCUT2D eigenvalue weighted by Gasteiger charge is 2.24. The lowest BCUT2D eigenvalue weighted by Gasteiger charge is -2.27. The maximum Gasteiger partial charge on any atom is 0.255 e. The average molecular weight is 423 g/mol. The number of halogens is 1. The minimum atomic E-state index is -0.181. The summed E-state index contributed by atoms with van der Waals surface area (Å²) in [5.74, 6) is -0.181. The molecular formula is C22H23ClN6O. The van der Waals surface area contributed by atoms with Crippen LogP contribution in [-0.2, 0) is 0 Å². The van der Waals surface area contributed by atoms with Gasteiger partial charge in [0, 0.05) is 29.1 Å². The smallest absolute Gasteiger partial charge is 0.255 e. The number of carbonyl (C=O) groups excluding carboxylic acids is 1. The van der Waals surface area contributed by atoms with Crippen molar-refractivity contribution in [3.05, 3.63) is 59.8 Å². The lowest BCUT2D eigenvalue weighted by molar-refractivity contribution is 0.0911. The number of carbonyl (C=O) groups is 1. The van der Waals surface area contributed by atoms with Gasteiger partial charge in [0.05, 0.1) is 18.1 Å². The number of fused-ring (bicyclic) bond motifs is 1. The summed E-state index contributed by atoms with van der Waals surface area (Å²) in [4.78, 5) is 29.4. The van der Waals surface area contributed by atoms with Crippen LogP contribution in [0.4, 0.5) is 0 Å². The Hall–Kier alpha value is -3.19. The molecule has 1 atom stereocenters. The van der Waals surface area contributed by atoms with E-state index in [1.165, 1.54) is 0 Å². The SMILES string of the molecule is CC(NC(=O)c1c[nH]c2ncc(-c3cn(-c4cccc(Cl)c4)cn3)nc12)C(C)(C)C. The van der Waals surface area contributed by atoms with Gasteiger partial charge in [0.25, 0.3) is 5.91 Å². The molecule has 0 radical (unpaired) electrons. The number of aromatic amines is 1. The van der Waals surface area contributed by atoms with Crippen LogP contribution >= 0.6 is 11.6 Å². The number of hydrogen-bond donors (Lipinski definition) is 2. The summed E-state index contributed by atoms with van der Waals surface area (Å²) < 4.78 is 1.86. The van der Waals surface area contributed by atoms with Gasteiger partial charge in [0.1, 0.15) is 16.9 Å². The number of nitrogens with zero attached hydrogens (tertiary/aromatic N) is 4. The molecule has 154 valence electrons. The molecule has 7 nitrogen and oxygen atoms in total. The maximum atomic E-state index is 12.8. The van der Waals surface area contributed by atoms with E-state index in [0.717, 1.165) is 5.69 Å². The summed E-state index contributed by atoms with van der Waals surface area (Å²) in [6.45, 7) is 8.25. The molecule has 0 saturated heterocycles. The van der Waals surface area contributed by atoms with Crippen LogP contribution in [-0.4, -0.2) is 36.5 Å². The molecule has 0 saturated carbocycles. The van der Waals surface area contributed by atoms with Crippen molar-refractivity contribution in [2.24, 2.45) is 5.41 Å². The summed E-state index contributed by atoms with van der Waals surface area (Å²) >= 11 is 6.09. The molecule has 30 heavy (non-hydrogen) atoms. The van der Waals surface area contributed by atoms with Crippen LogP contribution in [0.5, 0.6) is 0 Å². The average Bonchev–Trinajstić information content (AvgIpc) is 3.34. The molecule has 1 unspecified atom stereocenters. The Bertz CT molecular complexity index is 1220. The zero-order valence-electron chi connectivity index (χ0n) is 17.3. The van der Waals surface area contributed by atoms with Crippen molar-refractivity contribution < 1.29 is 4.79 Å². The van der Waals surface area contributed by atoms with E-state index in [2.05, 4.69) is 46.0 Å². The Morgan fingerprint density at radius 1 is 1.23 bits per heavy atom. The van der Waals surface area contributed by atoms with Gasteiger partial charge in [-0.3, -0.25) is 4.79 Å². The first kappa shape index (κ1) is 20.1. The number of aromatic nitrogens is 5. The van der Waals surface area contributed by atoms with E-state index >= 15 is 0 Å². The minimum Gasteiger partial charge on any atom is -0.349 e. The highest BCUT2D eigenvalue weighted by Crippen LogP contribution is 2.23. The number of hydrogen-bond acceptors (Lipinski definition) is 4. The molecular weight excluding hydrogens is 400 g/mol. The van der Waals surface area contributed by atoms with E-state index in [9.17, 15) is 4.79 Å². The van der Waals surface area contributed by atoms with Crippen LogP contribution in [0.1, 0.15) is 38.1 Å². The van der Waals surface area contributed by atoms with Crippen molar-refractivity contribution in [2.45, 2.75) is 33.7 Å². The van der Waals surface area contributed by atoms with Crippen molar-refractivity contribution in [3.8, 4) is 17.1 Å². The first-order valence-corrected chi connectivity index (χ1v) is 10.1. The normalized spacial score (nSPS) is 12.8. The third-order valence-corrected chi connectivity index (χ3v) is 5.46. The summed E-state index contributed by atoms with van der Waals surface area (Å²) in [6, 6.07) is 7.50. The molecule has 8 heteroatoms. The Kier molecular flexibility index (Phi) is 5.07. The van der Waals surface area contributed by atoms with Gasteiger partial charge in [-0.2, -0.15) is 0 Å². The van der Waals surface area contributed by atoms with Crippen LogP contribution < -0.4 is 5.32 Å². The first-order valence-electron chi connectivity index (χ1n) is 9.67. The van der Waals surface area contributed by atoms with Crippen molar-refractivity contribution in [3.63, 3.8) is 0 Å². The molecule has 1 aromatic carbocycles. The third-order valence-electron chi connectivity index (χ3n) is 5.22. The van der Waals surface area contributed by atoms with Crippen molar-refractivity contribution in [1.82, 2.24) is 29.8 Å². The van der Waals surface area contributed by atoms with E-state index in [-0.39, 0.29) is 17.4 Å². The predicted octanol–water partition coefficient (Wildman–Crippen LogP) is 4.63. The molecule has 3 aromatic heterocycles. The second-order valence-electron chi connectivity index (χ2n) is 8.36. The van der Waals surface area contributed by atoms with E-state index in [1.807, 2.05) is 42.0 Å². The van der Waals surface area contributed by atoms with Gasteiger partial charge >= 0.3 is 0 Å². The summed E-state index contributed by atoms with van der Waals surface area (Å²) in [5.41, 5.74) is 3.62. The number of benzene rings is 1. The van der Waals surface area contributed by atoms with Crippen LogP contribution in [0.2, 0.25) is 5.02 Å². The molecule has 4 aromatic rings. The summed E-state index contributed by atoms with van der Waals surface area (Å²) in [6.07, 6.45) is 6.84. The Morgan fingerprint density at radius 3 is 2.77 bits per heavy atom. The van der Waals surface area contributed by atoms with Crippen LogP contribution in [0.25, 0.3) is 28.2 Å². The lowest BCUT2D eigenvalue weighted by atomic mass is 9.88. The Labute approximate surface area is 179 Å². The van der Waals surface area contributed by atoms with E-state index < -0.39 is 0 Å². The number of nitrogens with one attached hydrogen (secondary N) is 2. The highest BCUT2D eigenvalue weighted by molar-refractivity contribution is 6.30. The van der Waals surface area contributed by atoms with Crippen molar-refractivity contribution >= 4 is 28.7 Å². The van der Waals surface area contributed by atoms with Gasteiger partial charge in [-0.05, 0) is 30.5 Å². The molecule has 1 amide bonds. The predicted molar refractivity (Wildman–Crippen MR) is 118 cm³/mol. The van der Waals surface area contributed by atoms with E-state index in [4.69, 9.17) is 11.6 Å². The number of rotatable bonds is 4. The molecule has 0 fully saturated rings. The monoisotopic (exact) mass is 422 g/mol. The van der Waals surface area contributed by atoms with Gasteiger partial charge in [-0.1, -0.05) is 38.4 Å². The number of imidazole rings is 1. The van der Waals surface area contributed by atoms with E-state index in [1.54, 1.807) is 18.7 Å². The van der Waals surface area contributed by atoms with Gasteiger partial charge in [-0.25, -0.2) is 15.0 Å². The number of amides is 1. The van der Waals surface area contributed by atoms with E-state index in [0.29, 0.717) is 33.1 Å². The standard InChI is InChI=1S/C22H23ClN6O/c1-13(22(2,3)4)27-21(30)16-9-24-20-19(16)28-17(10-25-20)18-11-29(12-26-18)15-7-5-6-14(23)8-15/h5-13H,1-4H3,(H,24,25)(H,27,30). The second-order valence-corrected chi connectivity index (χ2v) is 8.80. The summed E-state index contributed by atoms with van der Waals surface area (Å²) in [7, 11) is 0. The fraction of sp³-hybridized carbons (Fsp3) is 0.273. The lowest BCUT2D eigenvalue weighted by Crippen LogP contribution is -2.41. The van der Waals surface area contributed by atoms with Crippen LogP contribution in [0, 0.1) is 5.41 Å². The Morgan fingerprint density at radius 2 is 2.03 bits per heavy atom. The zero-order chi connectivity index (χ0) is 21.5. The second kappa shape index (κ2) is 7.57. The molecule has 2 N–H and O–H groups in total. The minimum absolute atomic E-state index is 0.000475. The quantitative estimate of drug-likeness (QED) is 0.502. The first-order chi connectivity index (χ1) is 14.2. The molecule has 4 rings (SSSR count). The fourth-order valence-electron chi connectivity index (χ4n) is 2.91. The van der Waals surface area contributed by atoms with Gasteiger partial charge in [-0.15, -0.1) is 0 Å². The zero-order valence-corrected chi connectivity index (χ0v) is 18.0. The van der Waals surface area contributed by atoms with Crippen molar-refractivity contribution in [1.29, 1.82) is 0 Å². The van der Waals surface area contributed by atoms with Crippen LogP contribution in [0.3, 0.4) is 0 Å². The highest BCUT2D eigenvalue weighted by atomic mass is 35.5. The van der Waals surface area contributed by atoms with Gasteiger partial charge < -0.3 is 14.9 Å². The van der Waals surface area contributed by atoms with Gasteiger partial charge in [0.2, 0.25) is 0 Å². The molecule has 0 aliphatic rings. The Balaban J connectivity index is 1.66. The molecule has 0 spiro atoms. The maximum absolute atomic E-state index is 12.8. The van der Waals surface area contributed by atoms with Gasteiger partial charge in [0.15, 0.2) is 5.65 Å². The molecule has 0 aliphatic heterocycles. The topological polar surface area (TPSA) is 88.5 Å². The van der Waals surface area contributed by atoms with Crippen LogP contribution in [0.15, 0.2) is 49.2 Å². The number of H-pyrrole nitrogens is 1. The third kappa shape index (κ3) is 3.93. The molecule has 3 heterocycles.